The molecule has 0 N–H and O–H groups in total. The summed E-state index contributed by atoms with van der Waals surface area (Å²) in [5, 5.41) is 6.16. The summed E-state index contributed by atoms with van der Waals surface area (Å²) in [4.78, 5) is 19.4. The molecule has 5 aromatic carbocycles. The van der Waals surface area contributed by atoms with Crippen molar-refractivity contribution in [3.63, 3.8) is 0 Å². The van der Waals surface area contributed by atoms with Crippen LogP contribution in [-0.2, 0) is 0 Å². The number of pyridine rings is 1. The molecule has 196 valence electrons. The third kappa shape index (κ3) is 3.45. The Bertz CT molecular complexity index is 2480. The van der Waals surface area contributed by atoms with E-state index >= 15 is 0 Å². The lowest BCUT2D eigenvalue weighted by atomic mass is 10.0. The van der Waals surface area contributed by atoms with Crippen molar-refractivity contribution in [2.45, 2.75) is 0 Å². The van der Waals surface area contributed by atoms with E-state index in [1.165, 1.54) is 0 Å². The van der Waals surface area contributed by atoms with Gasteiger partial charge in [-0.15, -0.1) is 0 Å². The van der Waals surface area contributed by atoms with Crippen LogP contribution in [0, 0.1) is 0 Å². The largest absolute Gasteiger partial charge is 0.456 e. The van der Waals surface area contributed by atoms with Crippen LogP contribution >= 0.6 is 0 Å². The summed E-state index contributed by atoms with van der Waals surface area (Å²) in [7, 11) is 0. The molecule has 0 bridgehead atoms. The summed E-state index contributed by atoms with van der Waals surface area (Å²) in [5.74, 6) is 1.70. The summed E-state index contributed by atoms with van der Waals surface area (Å²) in [6.45, 7) is 0. The zero-order chi connectivity index (χ0) is 27.6. The monoisotopic (exact) mass is 540 g/mol. The first-order chi connectivity index (χ1) is 20.8. The highest BCUT2D eigenvalue weighted by atomic mass is 16.3. The van der Waals surface area contributed by atoms with Gasteiger partial charge in [0, 0.05) is 50.5 Å². The molecule has 0 aliphatic carbocycles. The summed E-state index contributed by atoms with van der Waals surface area (Å²) < 4.78 is 12.7. The molecular weight excluding hydrogens is 520 g/mol. The molecule has 42 heavy (non-hydrogen) atoms. The number of nitrogens with zero attached hydrogens (tertiary/aromatic N) is 4. The molecule has 0 amide bonds. The number of fused-ring (bicyclic) bond motifs is 7. The lowest BCUT2D eigenvalue weighted by Gasteiger charge is -2.09. The van der Waals surface area contributed by atoms with Crippen molar-refractivity contribution in [2.75, 3.05) is 0 Å². The predicted octanol–water partition coefficient (Wildman–Crippen LogP) is 9.22. The van der Waals surface area contributed by atoms with Gasteiger partial charge in [-0.1, -0.05) is 72.8 Å². The van der Waals surface area contributed by atoms with Crippen molar-refractivity contribution in [3.05, 3.63) is 122 Å². The fourth-order valence-electron chi connectivity index (χ4n) is 5.85. The first kappa shape index (κ1) is 22.9. The van der Waals surface area contributed by atoms with E-state index in [0.29, 0.717) is 17.5 Å². The number of hydrogen-bond acceptors (Lipinski definition) is 6. The molecule has 6 heteroatoms. The van der Waals surface area contributed by atoms with Crippen LogP contribution in [0.15, 0.2) is 130 Å². The van der Waals surface area contributed by atoms with E-state index in [1.54, 1.807) is 6.20 Å². The van der Waals surface area contributed by atoms with Crippen LogP contribution in [0.2, 0.25) is 0 Å². The van der Waals surface area contributed by atoms with E-state index in [1.807, 2.05) is 97.2 Å². The second-order valence-electron chi connectivity index (χ2n) is 10.3. The average Bonchev–Trinajstić information content (AvgIpc) is 3.62. The summed E-state index contributed by atoms with van der Waals surface area (Å²) in [5.41, 5.74) is 5.74. The smallest absolute Gasteiger partial charge is 0.167 e. The number of para-hydroxylation sites is 2. The predicted molar refractivity (Wildman–Crippen MR) is 166 cm³/mol. The fraction of sp³-hybridized carbons (Fsp3) is 0. The molecule has 4 heterocycles. The molecule has 0 fully saturated rings. The minimum absolute atomic E-state index is 0.546. The maximum atomic E-state index is 6.37. The Kier molecular flexibility index (Phi) is 4.80. The highest BCUT2D eigenvalue weighted by molar-refractivity contribution is 6.15. The number of benzene rings is 5. The quantitative estimate of drug-likeness (QED) is 0.222. The number of rotatable bonds is 3. The lowest BCUT2D eigenvalue weighted by Crippen LogP contribution is -2.00. The van der Waals surface area contributed by atoms with E-state index < -0.39 is 0 Å². The summed E-state index contributed by atoms with van der Waals surface area (Å²) >= 11 is 0. The van der Waals surface area contributed by atoms with Gasteiger partial charge >= 0.3 is 0 Å². The van der Waals surface area contributed by atoms with Gasteiger partial charge in [-0.25, -0.2) is 15.0 Å². The SMILES string of the molecule is c1ccc(-c2nc(-c3cccc4c3oc3ccccc34)nc(-c3cccc4oc5cc6cnccc6cc5c34)n2)cc1. The first-order valence-corrected chi connectivity index (χ1v) is 13.7. The fourth-order valence-corrected chi connectivity index (χ4v) is 5.85. The van der Waals surface area contributed by atoms with Crippen LogP contribution in [0.25, 0.3) is 88.8 Å². The van der Waals surface area contributed by atoms with Crippen LogP contribution < -0.4 is 0 Å². The molecule has 0 atom stereocenters. The Morgan fingerprint density at radius 3 is 2.14 bits per heavy atom. The minimum atomic E-state index is 0.546. The highest BCUT2D eigenvalue weighted by Gasteiger charge is 2.20. The van der Waals surface area contributed by atoms with Crippen molar-refractivity contribution >= 4 is 54.6 Å². The van der Waals surface area contributed by atoms with Crippen LogP contribution in [0.5, 0.6) is 0 Å². The molecule has 0 radical (unpaired) electrons. The van der Waals surface area contributed by atoms with Gasteiger partial charge in [0.25, 0.3) is 0 Å². The zero-order valence-corrected chi connectivity index (χ0v) is 22.2. The molecule has 0 aliphatic heterocycles. The second-order valence-corrected chi connectivity index (χ2v) is 10.3. The maximum Gasteiger partial charge on any atom is 0.167 e. The van der Waals surface area contributed by atoms with Crippen LogP contribution in [0.1, 0.15) is 0 Å². The standard InChI is InChI=1S/C36H20N4O2/c1-2-8-21(9-3-1)34-38-35(40-36(39-34)27-13-6-11-25-24-10-4-5-14-29(24)42-33(25)27)26-12-7-15-30-32(26)28-18-22-16-17-37-20-23(22)19-31(28)41-30/h1-20H. The van der Waals surface area contributed by atoms with Gasteiger partial charge in [-0.3, -0.25) is 4.98 Å². The molecule has 9 aromatic rings. The van der Waals surface area contributed by atoms with Gasteiger partial charge in [0.15, 0.2) is 17.5 Å². The van der Waals surface area contributed by atoms with Crippen molar-refractivity contribution in [3.8, 4) is 34.2 Å². The van der Waals surface area contributed by atoms with Crippen molar-refractivity contribution in [2.24, 2.45) is 0 Å². The topological polar surface area (TPSA) is 77.8 Å². The lowest BCUT2D eigenvalue weighted by molar-refractivity contribution is 0.669. The molecule has 0 saturated heterocycles. The number of aromatic nitrogens is 4. The first-order valence-electron chi connectivity index (χ1n) is 13.7. The number of furan rings is 2. The minimum Gasteiger partial charge on any atom is -0.456 e. The third-order valence-corrected chi connectivity index (χ3v) is 7.81. The van der Waals surface area contributed by atoms with Gasteiger partial charge in [-0.2, -0.15) is 0 Å². The van der Waals surface area contributed by atoms with E-state index in [-0.39, 0.29) is 0 Å². The van der Waals surface area contributed by atoms with Gasteiger partial charge in [0.1, 0.15) is 22.3 Å². The van der Waals surface area contributed by atoms with Crippen molar-refractivity contribution in [1.82, 2.24) is 19.9 Å². The summed E-state index contributed by atoms with van der Waals surface area (Å²) in [6, 6.07) is 36.4. The zero-order valence-electron chi connectivity index (χ0n) is 22.2. The third-order valence-electron chi connectivity index (χ3n) is 7.81. The summed E-state index contributed by atoms with van der Waals surface area (Å²) in [6.07, 6.45) is 3.66. The van der Waals surface area contributed by atoms with E-state index in [0.717, 1.165) is 71.3 Å². The average molecular weight is 541 g/mol. The Morgan fingerprint density at radius 1 is 0.476 bits per heavy atom. The molecule has 0 spiro atoms. The van der Waals surface area contributed by atoms with Gasteiger partial charge in [0.05, 0.1) is 5.56 Å². The van der Waals surface area contributed by atoms with Crippen LogP contribution in [-0.4, -0.2) is 19.9 Å². The molecule has 0 saturated carbocycles. The van der Waals surface area contributed by atoms with Crippen LogP contribution in [0.4, 0.5) is 0 Å². The van der Waals surface area contributed by atoms with E-state index in [2.05, 4.69) is 23.2 Å². The Labute approximate surface area is 238 Å². The molecule has 6 nitrogen and oxygen atoms in total. The molecule has 4 aromatic heterocycles. The Balaban J connectivity index is 1.35. The van der Waals surface area contributed by atoms with Gasteiger partial charge < -0.3 is 8.83 Å². The molecule has 0 aliphatic rings. The molecule has 9 rings (SSSR count). The normalized spacial score (nSPS) is 11.8. The van der Waals surface area contributed by atoms with Crippen molar-refractivity contribution in [1.29, 1.82) is 0 Å². The Hall–Kier alpha value is -5.88. The molecular formula is C36H20N4O2. The number of hydrogen-bond donors (Lipinski definition) is 0. The van der Waals surface area contributed by atoms with Crippen molar-refractivity contribution < 1.29 is 8.83 Å². The van der Waals surface area contributed by atoms with Gasteiger partial charge in [0.2, 0.25) is 0 Å². The van der Waals surface area contributed by atoms with E-state index in [9.17, 15) is 0 Å². The van der Waals surface area contributed by atoms with Crippen LogP contribution in [0.3, 0.4) is 0 Å². The molecule has 0 unspecified atom stereocenters. The maximum absolute atomic E-state index is 6.37. The second kappa shape index (κ2) is 8.81. The highest BCUT2D eigenvalue weighted by Crippen LogP contribution is 2.39. The van der Waals surface area contributed by atoms with Gasteiger partial charge in [-0.05, 0) is 41.8 Å². The Morgan fingerprint density at radius 2 is 1.21 bits per heavy atom. The van der Waals surface area contributed by atoms with E-state index in [4.69, 9.17) is 23.8 Å².